The fraction of sp³-hybridized carbons (Fsp3) is 0.333. The van der Waals surface area contributed by atoms with Crippen LogP contribution in [0.25, 0.3) is 0 Å². The van der Waals surface area contributed by atoms with Crippen molar-refractivity contribution >= 4 is 11.9 Å². The van der Waals surface area contributed by atoms with E-state index >= 15 is 0 Å². The molecule has 5 heteroatoms. The molecule has 0 unspecified atom stereocenters. The third kappa shape index (κ3) is 4.76. The molecule has 1 aromatic carbocycles. The van der Waals surface area contributed by atoms with Crippen LogP contribution in [-0.4, -0.2) is 41.6 Å². The Balaban J connectivity index is 2.64. The van der Waals surface area contributed by atoms with Crippen molar-refractivity contribution in [3.63, 3.8) is 0 Å². The first-order valence-corrected chi connectivity index (χ1v) is 6.24. The highest BCUT2D eigenvalue weighted by atomic mass is 16.5. The van der Waals surface area contributed by atoms with E-state index in [0.717, 1.165) is 11.1 Å². The first kappa shape index (κ1) is 15.8. The minimum atomic E-state index is -1.06. The Bertz CT molecular complexity index is 511. The van der Waals surface area contributed by atoms with Crippen molar-refractivity contribution in [2.75, 3.05) is 19.7 Å². The Labute approximate surface area is 118 Å². The molecule has 0 atom stereocenters. The van der Waals surface area contributed by atoms with Crippen molar-refractivity contribution in [2.24, 2.45) is 0 Å². The fourth-order valence-corrected chi connectivity index (χ4v) is 1.77. The van der Waals surface area contributed by atoms with E-state index in [9.17, 15) is 9.59 Å². The van der Waals surface area contributed by atoms with Crippen LogP contribution in [0.5, 0.6) is 5.75 Å². The van der Waals surface area contributed by atoms with Gasteiger partial charge in [-0.1, -0.05) is 23.8 Å². The Morgan fingerprint density at radius 2 is 2.10 bits per heavy atom. The SMILES string of the molecule is C=CCN(CC(=O)O)C(=O)COc1ccc(C)cc1C. The van der Waals surface area contributed by atoms with Crippen LogP contribution in [0, 0.1) is 13.8 Å². The second-order valence-corrected chi connectivity index (χ2v) is 4.51. The molecule has 0 spiro atoms. The van der Waals surface area contributed by atoms with Crippen LogP contribution in [0.3, 0.4) is 0 Å². The smallest absolute Gasteiger partial charge is 0.323 e. The highest BCUT2D eigenvalue weighted by Crippen LogP contribution is 2.18. The summed E-state index contributed by atoms with van der Waals surface area (Å²) in [6, 6.07) is 5.65. The van der Waals surface area contributed by atoms with Crippen LogP contribution >= 0.6 is 0 Å². The first-order valence-electron chi connectivity index (χ1n) is 6.24. The number of hydrogen-bond donors (Lipinski definition) is 1. The van der Waals surface area contributed by atoms with Crippen LogP contribution in [0.2, 0.25) is 0 Å². The number of carboxylic acids is 1. The van der Waals surface area contributed by atoms with Gasteiger partial charge < -0.3 is 14.7 Å². The second kappa shape index (κ2) is 7.33. The molecule has 5 nitrogen and oxygen atoms in total. The summed E-state index contributed by atoms with van der Waals surface area (Å²) >= 11 is 0. The van der Waals surface area contributed by atoms with Crippen LogP contribution in [0.15, 0.2) is 30.9 Å². The monoisotopic (exact) mass is 277 g/mol. The maximum absolute atomic E-state index is 11.9. The van der Waals surface area contributed by atoms with Crippen molar-refractivity contribution in [2.45, 2.75) is 13.8 Å². The molecule has 20 heavy (non-hydrogen) atoms. The molecule has 1 amide bonds. The van der Waals surface area contributed by atoms with Gasteiger partial charge in [0.2, 0.25) is 0 Å². The lowest BCUT2D eigenvalue weighted by atomic mass is 10.1. The minimum Gasteiger partial charge on any atom is -0.483 e. The highest BCUT2D eigenvalue weighted by molar-refractivity contribution is 5.82. The Hall–Kier alpha value is -2.30. The van der Waals surface area contributed by atoms with E-state index < -0.39 is 5.97 Å². The molecular weight excluding hydrogens is 258 g/mol. The molecule has 0 heterocycles. The number of ether oxygens (including phenoxy) is 1. The number of aliphatic carboxylic acids is 1. The molecule has 1 rings (SSSR count). The van der Waals surface area contributed by atoms with Crippen LogP contribution in [0.1, 0.15) is 11.1 Å². The van der Waals surface area contributed by atoms with E-state index in [2.05, 4.69) is 6.58 Å². The van der Waals surface area contributed by atoms with Gasteiger partial charge >= 0.3 is 5.97 Å². The molecule has 0 saturated carbocycles. The van der Waals surface area contributed by atoms with E-state index in [4.69, 9.17) is 9.84 Å². The molecule has 0 fully saturated rings. The van der Waals surface area contributed by atoms with E-state index in [0.29, 0.717) is 5.75 Å². The molecule has 1 aromatic rings. The number of amides is 1. The van der Waals surface area contributed by atoms with Gasteiger partial charge in [0, 0.05) is 6.54 Å². The molecule has 0 radical (unpaired) electrons. The van der Waals surface area contributed by atoms with Crippen LogP contribution in [-0.2, 0) is 9.59 Å². The number of nitrogens with zero attached hydrogens (tertiary/aromatic N) is 1. The van der Waals surface area contributed by atoms with Crippen LogP contribution in [0.4, 0.5) is 0 Å². The summed E-state index contributed by atoms with van der Waals surface area (Å²) in [5, 5.41) is 8.75. The second-order valence-electron chi connectivity index (χ2n) is 4.51. The zero-order valence-corrected chi connectivity index (χ0v) is 11.8. The molecule has 108 valence electrons. The van der Waals surface area contributed by atoms with E-state index in [1.807, 2.05) is 26.0 Å². The number of carbonyl (C=O) groups excluding carboxylic acids is 1. The van der Waals surface area contributed by atoms with Gasteiger partial charge in [-0.05, 0) is 25.5 Å². The van der Waals surface area contributed by atoms with Gasteiger partial charge in [0.25, 0.3) is 5.91 Å². The average molecular weight is 277 g/mol. The minimum absolute atomic E-state index is 0.182. The number of hydrogen-bond acceptors (Lipinski definition) is 3. The summed E-state index contributed by atoms with van der Waals surface area (Å²) in [6.45, 7) is 7.00. The third-order valence-electron chi connectivity index (χ3n) is 2.71. The summed E-state index contributed by atoms with van der Waals surface area (Å²) in [7, 11) is 0. The zero-order valence-electron chi connectivity index (χ0n) is 11.8. The van der Waals surface area contributed by atoms with E-state index in [1.165, 1.54) is 11.0 Å². The molecule has 1 N–H and O–H groups in total. The fourth-order valence-electron chi connectivity index (χ4n) is 1.77. The van der Waals surface area contributed by atoms with Gasteiger partial charge in [-0.25, -0.2) is 0 Å². The average Bonchev–Trinajstić information content (AvgIpc) is 2.36. The summed E-state index contributed by atoms with van der Waals surface area (Å²) in [5.41, 5.74) is 2.05. The zero-order chi connectivity index (χ0) is 15.1. The Morgan fingerprint density at radius 3 is 2.65 bits per heavy atom. The molecular formula is C15H19NO4. The summed E-state index contributed by atoms with van der Waals surface area (Å²) in [6.07, 6.45) is 1.48. The lowest BCUT2D eigenvalue weighted by Gasteiger charge is -2.19. The molecule has 0 aliphatic carbocycles. The maximum Gasteiger partial charge on any atom is 0.323 e. The summed E-state index contributed by atoms with van der Waals surface area (Å²) < 4.78 is 5.44. The molecule has 0 saturated heterocycles. The number of benzene rings is 1. The van der Waals surface area contributed by atoms with Gasteiger partial charge in [0.05, 0.1) is 0 Å². The standard InChI is InChI=1S/C15H19NO4/c1-4-7-16(9-15(18)19)14(17)10-20-13-6-5-11(2)8-12(13)3/h4-6,8H,1,7,9-10H2,2-3H3,(H,18,19). The number of aryl methyl sites for hydroxylation is 2. The molecule has 0 aliphatic heterocycles. The van der Waals surface area contributed by atoms with Gasteiger partial charge in [0.1, 0.15) is 12.3 Å². The maximum atomic E-state index is 11.9. The van der Waals surface area contributed by atoms with Crippen molar-refractivity contribution in [3.05, 3.63) is 42.0 Å². The van der Waals surface area contributed by atoms with Gasteiger partial charge in [-0.2, -0.15) is 0 Å². The van der Waals surface area contributed by atoms with Crippen LogP contribution < -0.4 is 4.74 Å². The molecule has 0 bridgehead atoms. The lowest BCUT2D eigenvalue weighted by molar-refractivity contribution is -0.144. The Morgan fingerprint density at radius 1 is 1.40 bits per heavy atom. The predicted molar refractivity (Wildman–Crippen MR) is 75.8 cm³/mol. The number of carboxylic acid groups (broad SMARTS) is 1. The largest absolute Gasteiger partial charge is 0.483 e. The predicted octanol–water partition coefficient (Wildman–Crippen LogP) is 1.78. The summed E-state index contributed by atoms with van der Waals surface area (Å²) in [4.78, 5) is 23.8. The lowest BCUT2D eigenvalue weighted by Crippen LogP contribution is -2.38. The van der Waals surface area contributed by atoms with Crippen molar-refractivity contribution in [1.29, 1.82) is 0 Å². The number of rotatable bonds is 7. The summed E-state index contributed by atoms with van der Waals surface area (Å²) in [5.74, 6) is -0.822. The first-order chi connectivity index (χ1) is 9.43. The van der Waals surface area contributed by atoms with Crippen molar-refractivity contribution in [3.8, 4) is 5.75 Å². The Kier molecular flexibility index (Phi) is 5.77. The highest BCUT2D eigenvalue weighted by Gasteiger charge is 2.16. The van der Waals surface area contributed by atoms with E-state index in [-0.39, 0.29) is 25.6 Å². The molecule has 0 aliphatic rings. The molecule has 0 aromatic heterocycles. The number of carbonyl (C=O) groups is 2. The third-order valence-corrected chi connectivity index (χ3v) is 2.71. The van der Waals surface area contributed by atoms with Gasteiger partial charge in [0.15, 0.2) is 6.61 Å². The van der Waals surface area contributed by atoms with Crippen molar-refractivity contribution in [1.82, 2.24) is 4.90 Å². The van der Waals surface area contributed by atoms with Crippen molar-refractivity contribution < 1.29 is 19.4 Å². The van der Waals surface area contributed by atoms with Gasteiger partial charge in [-0.3, -0.25) is 9.59 Å². The quantitative estimate of drug-likeness (QED) is 0.771. The van der Waals surface area contributed by atoms with E-state index in [1.54, 1.807) is 6.07 Å². The normalized spacial score (nSPS) is 9.90. The van der Waals surface area contributed by atoms with Gasteiger partial charge in [-0.15, -0.1) is 6.58 Å². The topological polar surface area (TPSA) is 66.8 Å².